The summed E-state index contributed by atoms with van der Waals surface area (Å²) in [6.45, 7) is 5.54. The molecule has 0 atom stereocenters. The molecule has 2 aromatic rings. The first kappa shape index (κ1) is 15.2. The van der Waals surface area contributed by atoms with Crippen LogP contribution in [0.5, 0.6) is 5.88 Å². The first-order valence-corrected chi connectivity index (χ1v) is 7.22. The lowest BCUT2D eigenvalue weighted by molar-refractivity contribution is -0.277. The molecule has 0 unspecified atom stereocenters. The minimum atomic E-state index is -4.71. The van der Waals surface area contributed by atoms with Gasteiger partial charge < -0.3 is 9.30 Å². The van der Waals surface area contributed by atoms with Crippen molar-refractivity contribution in [1.29, 1.82) is 0 Å². The van der Waals surface area contributed by atoms with E-state index in [0.29, 0.717) is 10.9 Å². The van der Waals surface area contributed by atoms with Gasteiger partial charge in [0.25, 0.3) is 0 Å². The number of nitrogens with zero attached hydrogens (tertiary/aromatic N) is 1. The lowest BCUT2D eigenvalue weighted by atomic mass is 10.1. The summed E-state index contributed by atoms with van der Waals surface area (Å²) in [6, 6.07) is 7.21. The summed E-state index contributed by atoms with van der Waals surface area (Å²) in [6.07, 6.45) is -4.71. The van der Waals surface area contributed by atoms with Gasteiger partial charge >= 0.3 is 6.36 Å². The average Bonchev–Trinajstić information content (AvgIpc) is 2.58. The fourth-order valence-corrected chi connectivity index (χ4v) is 2.84. The summed E-state index contributed by atoms with van der Waals surface area (Å²) in [5, 5.41) is 1.06. The highest BCUT2D eigenvalue weighted by atomic mass is 79.9. The van der Waals surface area contributed by atoms with E-state index in [1.54, 1.807) is 28.8 Å². The lowest BCUT2D eigenvalue weighted by Crippen LogP contribution is -2.26. The van der Waals surface area contributed by atoms with Crippen molar-refractivity contribution in [3.8, 4) is 5.88 Å². The molecule has 1 heterocycles. The van der Waals surface area contributed by atoms with Crippen LogP contribution in [0.4, 0.5) is 13.2 Å². The van der Waals surface area contributed by atoms with Crippen LogP contribution >= 0.6 is 15.9 Å². The van der Waals surface area contributed by atoms with Gasteiger partial charge in [0, 0.05) is 21.8 Å². The first-order chi connectivity index (χ1) is 9.15. The molecule has 6 heteroatoms. The third-order valence-corrected chi connectivity index (χ3v) is 3.51. The van der Waals surface area contributed by atoms with Crippen LogP contribution in [-0.2, 0) is 10.9 Å². The molecule has 0 saturated heterocycles. The molecular formula is C14H15BrF3NO. The number of fused-ring (bicyclic) bond motifs is 1. The molecular weight excluding hydrogens is 335 g/mol. The maximum atomic E-state index is 12.7. The lowest BCUT2D eigenvalue weighted by Gasteiger charge is -2.26. The van der Waals surface area contributed by atoms with Crippen LogP contribution in [0.25, 0.3) is 10.9 Å². The zero-order chi connectivity index (χ0) is 15.1. The van der Waals surface area contributed by atoms with Crippen molar-refractivity contribution in [3.63, 3.8) is 0 Å². The maximum Gasteiger partial charge on any atom is 0.574 e. The summed E-state index contributed by atoms with van der Waals surface area (Å²) >= 11 is 3.26. The minimum Gasteiger partial charge on any atom is -0.389 e. The highest BCUT2D eigenvalue weighted by Gasteiger charge is 2.36. The molecule has 1 aromatic carbocycles. The third-order valence-electron chi connectivity index (χ3n) is 2.95. The molecule has 0 amide bonds. The predicted molar refractivity (Wildman–Crippen MR) is 76.2 cm³/mol. The van der Waals surface area contributed by atoms with Crippen molar-refractivity contribution in [2.75, 3.05) is 0 Å². The predicted octanol–water partition coefficient (Wildman–Crippen LogP) is 5.19. The van der Waals surface area contributed by atoms with Crippen LogP contribution in [0.2, 0.25) is 0 Å². The summed E-state index contributed by atoms with van der Waals surface area (Å²) in [7, 11) is 0. The molecule has 0 radical (unpaired) electrons. The van der Waals surface area contributed by atoms with Crippen molar-refractivity contribution in [2.24, 2.45) is 0 Å². The number of rotatable bonds is 2. The minimum absolute atomic E-state index is 0.150. The molecule has 2 nitrogen and oxygen atoms in total. The Labute approximate surface area is 123 Å². The van der Waals surface area contributed by atoms with Gasteiger partial charge in [-0.15, -0.1) is 13.2 Å². The second-order valence-corrected chi connectivity index (χ2v) is 6.05. The van der Waals surface area contributed by atoms with E-state index in [9.17, 15) is 13.2 Å². The van der Waals surface area contributed by atoms with Crippen LogP contribution in [-0.4, -0.2) is 10.9 Å². The van der Waals surface area contributed by atoms with Crippen LogP contribution in [0.3, 0.4) is 0 Å². The molecule has 0 N–H and O–H groups in total. The zero-order valence-corrected chi connectivity index (χ0v) is 13.0. The van der Waals surface area contributed by atoms with Gasteiger partial charge in [-0.1, -0.05) is 34.1 Å². The molecule has 2 rings (SSSR count). The molecule has 0 saturated carbocycles. The van der Waals surface area contributed by atoms with Crippen LogP contribution in [0, 0.1) is 0 Å². The van der Waals surface area contributed by atoms with E-state index in [-0.39, 0.29) is 5.88 Å². The van der Waals surface area contributed by atoms with Crippen molar-refractivity contribution < 1.29 is 17.9 Å². The summed E-state index contributed by atoms with van der Waals surface area (Å²) in [5.74, 6) is -0.150. The number of hydrogen-bond acceptors (Lipinski definition) is 1. The Kier molecular flexibility index (Phi) is 3.79. The van der Waals surface area contributed by atoms with Gasteiger partial charge in [0.05, 0.1) is 5.52 Å². The second kappa shape index (κ2) is 4.98. The monoisotopic (exact) mass is 349 g/mol. The molecule has 0 spiro atoms. The highest BCUT2D eigenvalue weighted by molar-refractivity contribution is 9.08. The van der Waals surface area contributed by atoms with Crippen molar-refractivity contribution in [1.82, 2.24) is 4.57 Å². The van der Waals surface area contributed by atoms with Gasteiger partial charge in [-0.2, -0.15) is 0 Å². The van der Waals surface area contributed by atoms with Crippen molar-refractivity contribution in [3.05, 3.63) is 29.8 Å². The van der Waals surface area contributed by atoms with Crippen LogP contribution in [0.15, 0.2) is 24.3 Å². The standard InChI is InChI=1S/C14H15BrF3NO/c1-13(2,3)19-11-7-5-4-6-9(11)10(8-15)12(19)20-14(16,17)18/h4-7H,8H2,1-3H3. The maximum absolute atomic E-state index is 12.7. The van der Waals surface area contributed by atoms with E-state index in [1.807, 2.05) is 20.8 Å². The highest BCUT2D eigenvalue weighted by Crippen LogP contribution is 2.40. The van der Waals surface area contributed by atoms with E-state index in [1.165, 1.54) is 0 Å². The fourth-order valence-electron chi connectivity index (χ4n) is 2.30. The number of para-hydroxylation sites is 1. The molecule has 0 aliphatic heterocycles. The Hall–Kier alpha value is -1.17. The smallest absolute Gasteiger partial charge is 0.389 e. The number of hydrogen-bond donors (Lipinski definition) is 0. The Morgan fingerprint density at radius 2 is 1.75 bits per heavy atom. The summed E-state index contributed by atoms with van der Waals surface area (Å²) < 4.78 is 44.0. The Morgan fingerprint density at radius 3 is 2.25 bits per heavy atom. The van der Waals surface area contributed by atoms with Gasteiger partial charge in [0.2, 0.25) is 5.88 Å². The SMILES string of the molecule is CC(C)(C)n1c(OC(F)(F)F)c(CBr)c2ccccc21. The zero-order valence-electron chi connectivity index (χ0n) is 11.4. The largest absolute Gasteiger partial charge is 0.574 e. The van der Waals surface area contributed by atoms with Gasteiger partial charge in [0.1, 0.15) is 0 Å². The van der Waals surface area contributed by atoms with E-state index in [4.69, 9.17) is 0 Å². The third kappa shape index (κ3) is 2.80. The van der Waals surface area contributed by atoms with Gasteiger partial charge in [-0.05, 0) is 26.8 Å². The van der Waals surface area contributed by atoms with Gasteiger partial charge in [-0.25, -0.2) is 0 Å². The van der Waals surface area contributed by atoms with Gasteiger partial charge in [0.15, 0.2) is 0 Å². The number of aromatic nitrogens is 1. The number of ether oxygens (including phenoxy) is 1. The molecule has 20 heavy (non-hydrogen) atoms. The van der Waals surface area contributed by atoms with Gasteiger partial charge in [-0.3, -0.25) is 0 Å². The fraction of sp³-hybridized carbons (Fsp3) is 0.429. The second-order valence-electron chi connectivity index (χ2n) is 5.49. The average molecular weight is 350 g/mol. The quantitative estimate of drug-likeness (QED) is 0.680. The summed E-state index contributed by atoms with van der Waals surface area (Å²) in [5.41, 5.74) is 0.710. The Morgan fingerprint density at radius 1 is 1.15 bits per heavy atom. The van der Waals surface area contributed by atoms with E-state index >= 15 is 0 Å². The van der Waals surface area contributed by atoms with Crippen molar-refractivity contribution in [2.45, 2.75) is 38.0 Å². The molecule has 0 aliphatic carbocycles. The van der Waals surface area contributed by atoms with Crippen molar-refractivity contribution >= 4 is 26.8 Å². The Balaban J connectivity index is 2.81. The molecule has 0 aliphatic rings. The topological polar surface area (TPSA) is 14.2 Å². The molecule has 0 bridgehead atoms. The Bertz CT molecular complexity index is 626. The number of benzene rings is 1. The van der Waals surface area contributed by atoms with Crippen LogP contribution < -0.4 is 4.74 Å². The molecule has 1 aromatic heterocycles. The van der Waals surface area contributed by atoms with E-state index in [0.717, 1.165) is 10.9 Å². The normalized spacial score (nSPS) is 12.9. The molecule has 110 valence electrons. The summed E-state index contributed by atoms with van der Waals surface area (Å²) in [4.78, 5) is 0. The van der Waals surface area contributed by atoms with E-state index < -0.39 is 11.9 Å². The first-order valence-electron chi connectivity index (χ1n) is 6.09. The number of halogens is 4. The number of alkyl halides is 4. The van der Waals surface area contributed by atoms with Crippen LogP contribution in [0.1, 0.15) is 26.3 Å². The molecule has 0 fully saturated rings. The van der Waals surface area contributed by atoms with E-state index in [2.05, 4.69) is 20.7 Å².